The SMILES string of the molecule is CC1=C(c2ccc(F)cc2)C(=O)O/C1=C\C(C)C. The van der Waals surface area contributed by atoms with E-state index in [1.165, 1.54) is 12.1 Å². The van der Waals surface area contributed by atoms with E-state index in [0.717, 1.165) is 5.57 Å². The van der Waals surface area contributed by atoms with Crippen molar-refractivity contribution in [2.24, 2.45) is 5.92 Å². The van der Waals surface area contributed by atoms with Crippen molar-refractivity contribution in [1.82, 2.24) is 0 Å². The van der Waals surface area contributed by atoms with Gasteiger partial charge in [-0.3, -0.25) is 0 Å². The number of allylic oxidation sites excluding steroid dienone is 2. The molecule has 0 radical (unpaired) electrons. The average molecular weight is 246 g/mol. The van der Waals surface area contributed by atoms with Crippen LogP contribution in [0.4, 0.5) is 4.39 Å². The Bertz CT molecular complexity index is 536. The van der Waals surface area contributed by atoms with Crippen LogP contribution in [0.2, 0.25) is 0 Å². The van der Waals surface area contributed by atoms with Crippen molar-refractivity contribution in [3.05, 3.63) is 53.1 Å². The molecule has 18 heavy (non-hydrogen) atoms. The summed E-state index contributed by atoms with van der Waals surface area (Å²) in [5, 5.41) is 0. The van der Waals surface area contributed by atoms with Gasteiger partial charge >= 0.3 is 5.97 Å². The molecule has 0 amide bonds. The molecule has 0 saturated carbocycles. The topological polar surface area (TPSA) is 26.3 Å². The molecule has 0 spiro atoms. The molecule has 0 aliphatic carbocycles. The molecule has 1 aromatic carbocycles. The Labute approximate surface area is 106 Å². The van der Waals surface area contributed by atoms with Crippen LogP contribution in [0.15, 0.2) is 41.7 Å². The fourth-order valence-electron chi connectivity index (χ4n) is 1.92. The molecule has 0 unspecified atom stereocenters. The lowest BCUT2D eigenvalue weighted by Gasteiger charge is -2.00. The van der Waals surface area contributed by atoms with Gasteiger partial charge < -0.3 is 4.74 Å². The number of rotatable bonds is 2. The zero-order valence-electron chi connectivity index (χ0n) is 10.7. The Morgan fingerprint density at radius 3 is 2.39 bits per heavy atom. The molecule has 1 heterocycles. The fourth-order valence-corrected chi connectivity index (χ4v) is 1.92. The summed E-state index contributed by atoms with van der Waals surface area (Å²) in [4.78, 5) is 11.8. The lowest BCUT2D eigenvalue weighted by Crippen LogP contribution is -1.98. The van der Waals surface area contributed by atoms with E-state index in [0.29, 0.717) is 22.8 Å². The third-order valence-corrected chi connectivity index (χ3v) is 2.77. The van der Waals surface area contributed by atoms with Crippen LogP contribution in [0.25, 0.3) is 5.57 Å². The molecule has 0 saturated heterocycles. The highest BCUT2D eigenvalue weighted by Crippen LogP contribution is 2.33. The van der Waals surface area contributed by atoms with Crippen molar-refractivity contribution in [1.29, 1.82) is 0 Å². The van der Waals surface area contributed by atoms with E-state index in [1.54, 1.807) is 12.1 Å². The zero-order valence-corrected chi connectivity index (χ0v) is 10.7. The summed E-state index contributed by atoms with van der Waals surface area (Å²) in [5.41, 5.74) is 2.01. The summed E-state index contributed by atoms with van der Waals surface area (Å²) in [6, 6.07) is 5.86. The van der Waals surface area contributed by atoms with Crippen LogP contribution in [-0.4, -0.2) is 5.97 Å². The predicted octanol–water partition coefficient (Wildman–Crippen LogP) is 3.70. The van der Waals surface area contributed by atoms with Crippen LogP contribution in [0.1, 0.15) is 26.3 Å². The largest absolute Gasteiger partial charge is 0.423 e. The third kappa shape index (κ3) is 2.35. The van der Waals surface area contributed by atoms with E-state index in [9.17, 15) is 9.18 Å². The number of carbonyl (C=O) groups excluding carboxylic acids is 1. The minimum atomic E-state index is -0.369. The maximum absolute atomic E-state index is 12.9. The molecule has 0 fully saturated rings. The van der Waals surface area contributed by atoms with Gasteiger partial charge in [0.25, 0.3) is 0 Å². The Kier molecular flexibility index (Phi) is 3.32. The molecule has 0 N–H and O–H groups in total. The molecule has 0 atom stereocenters. The van der Waals surface area contributed by atoms with Gasteiger partial charge in [0, 0.05) is 5.57 Å². The summed E-state index contributed by atoms with van der Waals surface area (Å²) in [6.07, 6.45) is 1.91. The van der Waals surface area contributed by atoms with E-state index in [4.69, 9.17) is 4.74 Å². The van der Waals surface area contributed by atoms with Gasteiger partial charge in [-0.15, -0.1) is 0 Å². The highest BCUT2D eigenvalue weighted by molar-refractivity contribution is 6.20. The molecule has 1 aliphatic rings. The molecule has 1 aliphatic heterocycles. The van der Waals surface area contributed by atoms with E-state index in [1.807, 2.05) is 26.8 Å². The normalized spacial score (nSPS) is 17.8. The smallest absolute Gasteiger partial charge is 0.344 e. The van der Waals surface area contributed by atoms with Crippen molar-refractivity contribution < 1.29 is 13.9 Å². The second-order valence-electron chi connectivity index (χ2n) is 4.67. The van der Waals surface area contributed by atoms with Crippen LogP contribution in [0.5, 0.6) is 0 Å². The van der Waals surface area contributed by atoms with E-state index in [2.05, 4.69) is 0 Å². The minimum absolute atomic E-state index is 0.301. The molecular weight excluding hydrogens is 231 g/mol. The third-order valence-electron chi connectivity index (χ3n) is 2.77. The van der Waals surface area contributed by atoms with Crippen molar-refractivity contribution in [3.8, 4) is 0 Å². The van der Waals surface area contributed by atoms with Crippen LogP contribution in [0, 0.1) is 11.7 Å². The van der Waals surface area contributed by atoms with E-state index >= 15 is 0 Å². The second kappa shape index (κ2) is 4.77. The Balaban J connectivity index is 2.45. The first-order chi connectivity index (χ1) is 8.49. The molecule has 0 aromatic heterocycles. The lowest BCUT2D eigenvalue weighted by atomic mass is 10.0. The number of esters is 1. The summed E-state index contributed by atoms with van der Waals surface area (Å²) >= 11 is 0. The number of hydrogen-bond donors (Lipinski definition) is 0. The van der Waals surface area contributed by atoms with Gasteiger partial charge in [-0.05, 0) is 36.6 Å². The quantitative estimate of drug-likeness (QED) is 0.744. The predicted molar refractivity (Wildman–Crippen MR) is 68.0 cm³/mol. The number of hydrogen-bond acceptors (Lipinski definition) is 2. The highest BCUT2D eigenvalue weighted by Gasteiger charge is 2.28. The van der Waals surface area contributed by atoms with Gasteiger partial charge in [0.2, 0.25) is 0 Å². The molecule has 3 heteroatoms. The highest BCUT2D eigenvalue weighted by atomic mass is 19.1. The number of carbonyl (C=O) groups is 1. The van der Waals surface area contributed by atoms with Crippen molar-refractivity contribution in [2.45, 2.75) is 20.8 Å². The van der Waals surface area contributed by atoms with Crippen molar-refractivity contribution in [3.63, 3.8) is 0 Å². The van der Waals surface area contributed by atoms with Gasteiger partial charge in [-0.2, -0.15) is 0 Å². The summed E-state index contributed by atoms with van der Waals surface area (Å²) < 4.78 is 18.1. The second-order valence-corrected chi connectivity index (χ2v) is 4.67. The Morgan fingerprint density at radius 2 is 1.83 bits per heavy atom. The molecule has 94 valence electrons. The summed E-state index contributed by atoms with van der Waals surface area (Å²) in [7, 11) is 0. The first kappa shape index (κ1) is 12.6. The first-order valence-electron chi connectivity index (χ1n) is 5.90. The van der Waals surface area contributed by atoms with E-state index in [-0.39, 0.29) is 11.8 Å². The first-order valence-corrected chi connectivity index (χ1v) is 5.90. The van der Waals surface area contributed by atoms with Gasteiger partial charge in [0.15, 0.2) is 0 Å². The fraction of sp³-hybridized carbons (Fsp3) is 0.267. The number of ether oxygens (including phenoxy) is 1. The van der Waals surface area contributed by atoms with Gasteiger partial charge in [0.05, 0.1) is 5.57 Å². The average Bonchev–Trinajstić information content (AvgIpc) is 2.55. The molecule has 0 bridgehead atoms. The molecule has 2 nitrogen and oxygen atoms in total. The van der Waals surface area contributed by atoms with Gasteiger partial charge in [-0.25, -0.2) is 9.18 Å². The van der Waals surface area contributed by atoms with Crippen LogP contribution in [-0.2, 0) is 9.53 Å². The molecule has 1 aromatic rings. The standard InChI is InChI=1S/C15H15FO2/c1-9(2)8-13-10(3)14(15(17)18-13)11-4-6-12(16)7-5-11/h4-9H,1-3H3/b13-8-. The van der Waals surface area contributed by atoms with Crippen LogP contribution in [0.3, 0.4) is 0 Å². The van der Waals surface area contributed by atoms with Crippen LogP contribution >= 0.6 is 0 Å². The van der Waals surface area contributed by atoms with Gasteiger partial charge in [0.1, 0.15) is 11.6 Å². The summed E-state index contributed by atoms with van der Waals surface area (Å²) in [5.74, 6) is 0.219. The molecule has 2 rings (SSSR count). The van der Waals surface area contributed by atoms with E-state index < -0.39 is 0 Å². The maximum atomic E-state index is 12.9. The molecular formula is C15H15FO2. The number of benzene rings is 1. The zero-order chi connectivity index (χ0) is 13.3. The monoisotopic (exact) mass is 246 g/mol. The number of halogens is 1. The Hall–Kier alpha value is -1.90. The lowest BCUT2D eigenvalue weighted by molar-refractivity contribution is -0.131. The maximum Gasteiger partial charge on any atom is 0.344 e. The Morgan fingerprint density at radius 1 is 1.22 bits per heavy atom. The van der Waals surface area contributed by atoms with Crippen molar-refractivity contribution in [2.75, 3.05) is 0 Å². The van der Waals surface area contributed by atoms with Crippen molar-refractivity contribution >= 4 is 11.5 Å². The minimum Gasteiger partial charge on any atom is -0.423 e. The van der Waals surface area contributed by atoms with Crippen LogP contribution < -0.4 is 0 Å². The summed E-state index contributed by atoms with van der Waals surface area (Å²) in [6.45, 7) is 5.88. The van der Waals surface area contributed by atoms with Gasteiger partial charge in [-0.1, -0.05) is 26.0 Å². The number of cyclic esters (lactones) is 1.